The summed E-state index contributed by atoms with van der Waals surface area (Å²) in [4.78, 5) is 24.4. The van der Waals surface area contributed by atoms with Gasteiger partial charge in [0.1, 0.15) is 5.75 Å². The zero-order chi connectivity index (χ0) is 15.4. The van der Waals surface area contributed by atoms with Crippen LogP contribution in [0.25, 0.3) is 0 Å². The van der Waals surface area contributed by atoms with Crippen LogP contribution in [0.2, 0.25) is 0 Å². The molecule has 1 amide bonds. The summed E-state index contributed by atoms with van der Waals surface area (Å²) >= 11 is 0. The van der Waals surface area contributed by atoms with E-state index >= 15 is 0 Å². The van der Waals surface area contributed by atoms with Crippen LogP contribution in [-0.2, 0) is 20.9 Å². The zero-order valence-corrected chi connectivity index (χ0v) is 11.6. The Morgan fingerprint density at radius 3 is 2.71 bits per heavy atom. The summed E-state index contributed by atoms with van der Waals surface area (Å²) in [6, 6.07) is 7.21. The molecule has 0 aromatic heterocycles. The summed E-state index contributed by atoms with van der Waals surface area (Å²) in [5.74, 6) is -1.28. The van der Waals surface area contributed by atoms with Gasteiger partial charge in [0, 0.05) is 13.1 Å². The largest absolute Gasteiger partial charge is 0.497 e. The number of hydrogen-bond acceptors (Lipinski definition) is 5. The lowest BCUT2D eigenvalue weighted by atomic mass is 10.1. The van der Waals surface area contributed by atoms with Crippen molar-refractivity contribution in [3.8, 4) is 5.75 Å². The molecule has 1 heterocycles. The number of rotatable bonds is 5. The number of carbonyl (C=O) groups excluding carboxylic acids is 1. The van der Waals surface area contributed by atoms with E-state index in [1.54, 1.807) is 19.2 Å². The number of carbonyl (C=O) groups is 2. The molecule has 2 N–H and O–H groups in total. The van der Waals surface area contributed by atoms with E-state index in [1.807, 2.05) is 12.1 Å². The minimum absolute atomic E-state index is 0.191. The maximum Gasteiger partial charge on any atom is 0.335 e. The minimum atomic E-state index is -1.85. The van der Waals surface area contributed by atoms with Crippen LogP contribution in [0.3, 0.4) is 0 Å². The van der Waals surface area contributed by atoms with Crippen molar-refractivity contribution in [3.63, 3.8) is 0 Å². The highest BCUT2D eigenvalue weighted by Gasteiger charge is 2.38. The monoisotopic (exact) mass is 295 g/mol. The highest BCUT2D eigenvalue weighted by atomic mass is 16.5. The number of morpholine rings is 1. The Morgan fingerprint density at radius 1 is 1.48 bits per heavy atom. The van der Waals surface area contributed by atoms with Crippen LogP contribution in [0.5, 0.6) is 5.75 Å². The Bertz CT molecular complexity index is 515. The Morgan fingerprint density at radius 2 is 2.14 bits per heavy atom. The first-order valence-corrected chi connectivity index (χ1v) is 6.47. The molecule has 1 aliphatic rings. The normalized spacial score (nSPS) is 20.2. The van der Waals surface area contributed by atoms with Crippen LogP contribution in [-0.4, -0.2) is 59.5 Å². The predicted octanol–water partition coefficient (Wildman–Crippen LogP) is -0.132. The maximum absolute atomic E-state index is 12.2. The van der Waals surface area contributed by atoms with Crippen molar-refractivity contribution in [1.29, 1.82) is 0 Å². The number of methoxy groups -OCH3 is 1. The van der Waals surface area contributed by atoms with Crippen molar-refractivity contribution in [2.24, 2.45) is 0 Å². The minimum Gasteiger partial charge on any atom is -0.497 e. The number of ether oxygens (including phenoxy) is 2. The van der Waals surface area contributed by atoms with Crippen molar-refractivity contribution >= 4 is 11.9 Å². The van der Waals surface area contributed by atoms with E-state index < -0.39 is 24.1 Å². The standard InChI is InChI=1S/C14H17NO6/c1-20-10-4-2-9(3-5-10)8-15-6-7-21-12(13(15)17)11(16)14(18)19/h2-5,11-12,16H,6-8H2,1H3,(H,18,19)/t11-,12?/m1/s1. The number of nitrogens with zero attached hydrogens (tertiary/aromatic N) is 1. The van der Waals surface area contributed by atoms with Gasteiger partial charge in [-0.05, 0) is 17.7 Å². The average Bonchev–Trinajstić information content (AvgIpc) is 2.49. The first kappa shape index (κ1) is 15.3. The molecule has 2 rings (SSSR count). The lowest BCUT2D eigenvalue weighted by molar-refractivity contribution is -0.175. The van der Waals surface area contributed by atoms with E-state index in [0.29, 0.717) is 18.8 Å². The molecule has 114 valence electrons. The number of hydrogen-bond donors (Lipinski definition) is 2. The first-order valence-electron chi connectivity index (χ1n) is 6.47. The number of aliphatic carboxylic acids is 1. The quantitative estimate of drug-likeness (QED) is 0.785. The molecule has 0 radical (unpaired) electrons. The second kappa shape index (κ2) is 6.55. The highest BCUT2D eigenvalue weighted by molar-refractivity contribution is 5.88. The van der Waals surface area contributed by atoms with Crippen LogP contribution >= 0.6 is 0 Å². The lowest BCUT2D eigenvalue weighted by Crippen LogP contribution is -2.53. The van der Waals surface area contributed by atoms with Gasteiger partial charge >= 0.3 is 5.97 Å². The molecule has 7 heteroatoms. The third kappa shape index (κ3) is 3.50. The number of benzene rings is 1. The fourth-order valence-electron chi connectivity index (χ4n) is 2.12. The van der Waals surface area contributed by atoms with Gasteiger partial charge in [0.15, 0.2) is 12.2 Å². The third-order valence-electron chi connectivity index (χ3n) is 3.29. The molecule has 0 spiro atoms. The molecule has 21 heavy (non-hydrogen) atoms. The van der Waals surface area contributed by atoms with E-state index in [2.05, 4.69) is 0 Å². The van der Waals surface area contributed by atoms with Gasteiger partial charge in [-0.25, -0.2) is 4.79 Å². The molecule has 1 aliphatic heterocycles. The van der Waals surface area contributed by atoms with Crippen molar-refractivity contribution < 1.29 is 29.3 Å². The van der Waals surface area contributed by atoms with Crippen LogP contribution in [0, 0.1) is 0 Å². The third-order valence-corrected chi connectivity index (χ3v) is 3.29. The number of carboxylic acid groups (broad SMARTS) is 1. The average molecular weight is 295 g/mol. The van der Waals surface area contributed by atoms with E-state index in [-0.39, 0.29) is 6.61 Å². The lowest BCUT2D eigenvalue weighted by Gasteiger charge is -2.33. The zero-order valence-electron chi connectivity index (χ0n) is 11.6. The first-order chi connectivity index (χ1) is 10.0. The van der Waals surface area contributed by atoms with Crippen LogP contribution < -0.4 is 4.74 Å². The Kier molecular flexibility index (Phi) is 4.77. The number of carboxylic acids is 1. The molecular formula is C14H17NO6. The van der Waals surface area contributed by atoms with Crippen molar-refractivity contribution in [2.45, 2.75) is 18.8 Å². The molecule has 1 aromatic carbocycles. The summed E-state index contributed by atoms with van der Waals surface area (Å²) in [6.45, 7) is 0.875. The van der Waals surface area contributed by atoms with Crippen molar-refractivity contribution in [1.82, 2.24) is 4.90 Å². The van der Waals surface area contributed by atoms with Gasteiger partial charge in [0.05, 0.1) is 13.7 Å². The van der Waals surface area contributed by atoms with Crippen molar-refractivity contribution in [2.75, 3.05) is 20.3 Å². The fraction of sp³-hybridized carbons (Fsp3) is 0.429. The van der Waals surface area contributed by atoms with Gasteiger partial charge < -0.3 is 24.6 Å². The summed E-state index contributed by atoms with van der Waals surface area (Å²) < 4.78 is 10.1. The van der Waals surface area contributed by atoms with Gasteiger partial charge in [-0.1, -0.05) is 12.1 Å². The van der Waals surface area contributed by atoms with E-state index in [0.717, 1.165) is 5.56 Å². The number of aliphatic hydroxyl groups is 1. The number of aliphatic hydroxyl groups excluding tert-OH is 1. The molecule has 0 aliphatic carbocycles. The van der Waals surface area contributed by atoms with E-state index in [9.17, 15) is 14.7 Å². The summed E-state index contributed by atoms with van der Waals surface area (Å²) in [5.41, 5.74) is 0.884. The molecule has 1 aromatic rings. The van der Waals surface area contributed by atoms with Gasteiger partial charge in [-0.2, -0.15) is 0 Å². The molecule has 2 atom stereocenters. The second-order valence-corrected chi connectivity index (χ2v) is 4.68. The molecule has 1 saturated heterocycles. The summed E-state index contributed by atoms with van der Waals surface area (Å²) in [6.07, 6.45) is -3.20. The highest BCUT2D eigenvalue weighted by Crippen LogP contribution is 2.17. The predicted molar refractivity (Wildman–Crippen MR) is 71.8 cm³/mol. The smallest absolute Gasteiger partial charge is 0.335 e. The molecular weight excluding hydrogens is 278 g/mol. The Hall–Kier alpha value is -2.12. The Balaban J connectivity index is 2.05. The topological polar surface area (TPSA) is 96.3 Å². The fourth-order valence-corrected chi connectivity index (χ4v) is 2.12. The molecule has 0 saturated carbocycles. The van der Waals surface area contributed by atoms with E-state index in [1.165, 1.54) is 4.90 Å². The van der Waals surface area contributed by atoms with Gasteiger partial charge in [-0.3, -0.25) is 4.79 Å². The second-order valence-electron chi connectivity index (χ2n) is 4.68. The summed E-state index contributed by atoms with van der Waals surface area (Å²) in [5, 5.41) is 18.3. The van der Waals surface area contributed by atoms with Crippen LogP contribution in [0.4, 0.5) is 0 Å². The SMILES string of the molecule is COc1ccc(CN2CCOC([C@@H](O)C(=O)O)C2=O)cc1. The van der Waals surface area contributed by atoms with E-state index in [4.69, 9.17) is 14.6 Å². The molecule has 1 fully saturated rings. The van der Waals surface area contributed by atoms with Crippen LogP contribution in [0.1, 0.15) is 5.56 Å². The van der Waals surface area contributed by atoms with Crippen molar-refractivity contribution in [3.05, 3.63) is 29.8 Å². The number of amides is 1. The molecule has 0 bridgehead atoms. The maximum atomic E-state index is 12.2. The Labute approximate surface area is 121 Å². The van der Waals surface area contributed by atoms with Gasteiger partial charge in [-0.15, -0.1) is 0 Å². The molecule has 1 unspecified atom stereocenters. The van der Waals surface area contributed by atoms with Gasteiger partial charge in [0.25, 0.3) is 5.91 Å². The van der Waals surface area contributed by atoms with Gasteiger partial charge in [0.2, 0.25) is 0 Å². The molecule has 7 nitrogen and oxygen atoms in total. The summed E-state index contributed by atoms with van der Waals surface area (Å²) in [7, 11) is 1.57. The van der Waals surface area contributed by atoms with Crippen LogP contribution in [0.15, 0.2) is 24.3 Å².